The zero-order valence-corrected chi connectivity index (χ0v) is 22.2. The van der Waals surface area contributed by atoms with E-state index in [-0.39, 0.29) is 36.5 Å². The van der Waals surface area contributed by atoms with E-state index in [0.717, 1.165) is 19.0 Å². The summed E-state index contributed by atoms with van der Waals surface area (Å²) in [6.45, 7) is 6.13. The number of pyridine rings is 1. The molecule has 1 fully saturated rings. The zero-order chi connectivity index (χ0) is 26.4. The smallest absolute Gasteiger partial charge is 0.258 e. The molecule has 3 atom stereocenters. The van der Waals surface area contributed by atoms with Crippen molar-refractivity contribution < 1.29 is 19.4 Å². The summed E-state index contributed by atoms with van der Waals surface area (Å²) in [6, 6.07) is 8.14. The summed E-state index contributed by atoms with van der Waals surface area (Å²) in [5, 5.41) is 12.8. The quantitative estimate of drug-likeness (QED) is 0.558. The minimum Gasteiger partial charge on any atom is -0.488 e. The Balaban J connectivity index is 1.57. The number of hydrogen-bond donors (Lipinski definition) is 2. The highest BCUT2D eigenvalue weighted by atomic mass is 16.5. The van der Waals surface area contributed by atoms with E-state index in [9.17, 15) is 14.7 Å². The average Bonchev–Trinajstić information content (AvgIpc) is 2.91. The Kier molecular flexibility index (Phi) is 9.16. The van der Waals surface area contributed by atoms with Crippen molar-refractivity contribution in [3.63, 3.8) is 0 Å². The van der Waals surface area contributed by atoms with Crippen molar-refractivity contribution in [2.75, 3.05) is 38.6 Å². The number of hydrogen-bond acceptors (Lipinski definition) is 6. The van der Waals surface area contributed by atoms with E-state index in [1.54, 1.807) is 47.6 Å². The molecule has 2 amide bonds. The summed E-state index contributed by atoms with van der Waals surface area (Å²) in [4.78, 5) is 34.4. The van der Waals surface area contributed by atoms with Crippen molar-refractivity contribution in [2.45, 2.75) is 58.1 Å². The Labute approximate surface area is 220 Å². The van der Waals surface area contributed by atoms with Crippen LogP contribution >= 0.6 is 0 Å². The van der Waals surface area contributed by atoms with Gasteiger partial charge >= 0.3 is 0 Å². The minimum absolute atomic E-state index is 0.0750. The summed E-state index contributed by atoms with van der Waals surface area (Å²) >= 11 is 0. The van der Waals surface area contributed by atoms with Crippen molar-refractivity contribution in [1.29, 1.82) is 0 Å². The fourth-order valence-corrected chi connectivity index (χ4v) is 5.42. The van der Waals surface area contributed by atoms with Crippen molar-refractivity contribution in [3.05, 3.63) is 53.9 Å². The van der Waals surface area contributed by atoms with Crippen LogP contribution in [0.4, 0.5) is 5.69 Å². The molecule has 1 aromatic heterocycles. The van der Waals surface area contributed by atoms with Crippen molar-refractivity contribution >= 4 is 17.5 Å². The van der Waals surface area contributed by atoms with Gasteiger partial charge in [0, 0.05) is 49.2 Å². The number of amides is 2. The number of anilines is 1. The maximum Gasteiger partial charge on any atom is 0.258 e. The van der Waals surface area contributed by atoms with Crippen LogP contribution in [0.2, 0.25) is 0 Å². The van der Waals surface area contributed by atoms with E-state index in [2.05, 4.69) is 29.2 Å². The molecule has 2 heterocycles. The number of aliphatic hydroxyl groups excluding tert-OH is 1. The molecule has 0 saturated heterocycles. The Morgan fingerprint density at radius 1 is 1.19 bits per heavy atom. The number of nitrogens with zero attached hydrogens (tertiary/aromatic N) is 3. The van der Waals surface area contributed by atoms with Crippen molar-refractivity contribution in [1.82, 2.24) is 14.8 Å². The van der Waals surface area contributed by atoms with Gasteiger partial charge in [-0.25, -0.2) is 0 Å². The van der Waals surface area contributed by atoms with E-state index < -0.39 is 0 Å². The van der Waals surface area contributed by atoms with E-state index >= 15 is 0 Å². The molecule has 2 aromatic rings. The van der Waals surface area contributed by atoms with Crippen LogP contribution in [-0.2, 0) is 0 Å². The van der Waals surface area contributed by atoms with Gasteiger partial charge in [-0.05, 0) is 63.1 Å². The predicted octanol–water partition coefficient (Wildman–Crippen LogP) is 4.07. The molecule has 1 aliphatic heterocycles. The fraction of sp³-hybridized carbons (Fsp3) is 0.552. The van der Waals surface area contributed by atoms with Crippen LogP contribution in [0.1, 0.15) is 66.7 Å². The van der Waals surface area contributed by atoms with Crippen LogP contribution < -0.4 is 10.1 Å². The number of fused-ring (bicyclic) bond motifs is 1. The Morgan fingerprint density at radius 2 is 1.92 bits per heavy atom. The van der Waals surface area contributed by atoms with Gasteiger partial charge in [0.05, 0.1) is 18.2 Å². The van der Waals surface area contributed by atoms with Gasteiger partial charge in [-0.2, -0.15) is 0 Å². The maximum atomic E-state index is 13.6. The fourth-order valence-electron chi connectivity index (χ4n) is 5.42. The second kappa shape index (κ2) is 12.5. The predicted molar refractivity (Wildman–Crippen MR) is 144 cm³/mol. The average molecular weight is 509 g/mol. The lowest BCUT2D eigenvalue weighted by Crippen LogP contribution is -2.50. The highest BCUT2D eigenvalue weighted by Crippen LogP contribution is 2.31. The molecule has 0 radical (unpaired) electrons. The minimum atomic E-state index is -0.336. The van der Waals surface area contributed by atoms with Gasteiger partial charge in [0.15, 0.2) is 0 Å². The molecule has 0 spiro atoms. The van der Waals surface area contributed by atoms with Gasteiger partial charge in [0.2, 0.25) is 0 Å². The van der Waals surface area contributed by atoms with E-state index in [4.69, 9.17) is 4.74 Å². The second-order valence-corrected chi connectivity index (χ2v) is 10.7. The first-order chi connectivity index (χ1) is 17.9. The molecule has 4 rings (SSSR count). The molecule has 0 bridgehead atoms. The van der Waals surface area contributed by atoms with Crippen molar-refractivity contribution in [2.24, 2.45) is 11.8 Å². The first kappa shape index (κ1) is 27.1. The third-order valence-electron chi connectivity index (χ3n) is 7.65. The molecular formula is C29H40N4O4. The first-order valence-electron chi connectivity index (χ1n) is 13.5. The molecule has 2 aliphatic rings. The summed E-state index contributed by atoms with van der Waals surface area (Å²) in [7, 11) is 2.15. The molecule has 37 heavy (non-hydrogen) atoms. The number of rotatable bonds is 8. The number of benzene rings is 1. The molecule has 8 heteroatoms. The Hall–Kier alpha value is -2.97. The lowest BCUT2D eigenvalue weighted by molar-refractivity contribution is 0.0330. The van der Waals surface area contributed by atoms with E-state index in [0.29, 0.717) is 29.1 Å². The Bertz CT molecular complexity index is 1060. The zero-order valence-electron chi connectivity index (χ0n) is 22.2. The van der Waals surface area contributed by atoms with Gasteiger partial charge < -0.3 is 25.0 Å². The van der Waals surface area contributed by atoms with Crippen molar-refractivity contribution in [3.8, 4) is 5.75 Å². The number of aromatic nitrogens is 1. The molecule has 1 saturated carbocycles. The van der Waals surface area contributed by atoms with Gasteiger partial charge in [0.1, 0.15) is 11.9 Å². The number of likely N-dealkylation sites (N-methyl/N-ethyl adjacent to an activating group) is 1. The number of nitrogens with one attached hydrogen (secondary N) is 1. The van der Waals surface area contributed by atoms with Crippen LogP contribution in [0.3, 0.4) is 0 Å². The lowest BCUT2D eigenvalue weighted by Gasteiger charge is -2.38. The SMILES string of the molecule is C[C@H]1CN([C@@H](C)CO)C(=O)c2cc(NC(=O)c3ccncc3)ccc2O[C@H]1CN(C)CC1CCCCC1. The normalized spacial score (nSPS) is 21.5. The van der Waals surface area contributed by atoms with Gasteiger partial charge in [-0.3, -0.25) is 14.6 Å². The number of carbonyl (C=O) groups excluding carboxylic acids is 2. The second-order valence-electron chi connectivity index (χ2n) is 10.7. The number of ether oxygens (including phenoxy) is 1. The maximum absolute atomic E-state index is 13.6. The molecule has 2 N–H and O–H groups in total. The van der Waals surface area contributed by atoms with E-state index in [1.165, 1.54) is 32.1 Å². The van der Waals surface area contributed by atoms with Gasteiger partial charge in [-0.15, -0.1) is 0 Å². The first-order valence-corrected chi connectivity index (χ1v) is 13.5. The summed E-state index contributed by atoms with van der Waals surface area (Å²) in [5.41, 5.74) is 1.38. The standard InChI is InChI=1S/C29H40N4O4/c1-20-16-33(21(2)19-34)29(36)25-15-24(31-28(35)23-11-13-30-14-12-23)9-10-26(25)37-27(20)18-32(3)17-22-7-5-4-6-8-22/h9-15,20-22,27,34H,4-8,16-19H2,1-3H3,(H,31,35)/t20-,21-,27-/m0/s1. The molecule has 1 aromatic carbocycles. The molecule has 8 nitrogen and oxygen atoms in total. The monoisotopic (exact) mass is 508 g/mol. The Morgan fingerprint density at radius 3 is 2.62 bits per heavy atom. The summed E-state index contributed by atoms with van der Waals surface area (Å²) < 4.78 is 6.51. The third-order valence-corrected chi connectivity index (χ3v) is 7.65. The molecular weight excluding hydrogens is 468 g/mol. The number of carbonyl (C=O) groups is 2. The van der Waals surface area contributed by atoms with Crippen LogP contribution in [0.5, 0.6) is 5.75 Å². The van der Waals surface area contributed by atoms with Crippen LogP contribution in [0.25, 0.3) is 0 Å². The topological polar surface area (TPSA) is 95.0 Å². The molecule has 200 valence electrons. The molecule has 1 aliphatic carbocycles. The van der Waals surface area contributed by atoms with Gasteiger partial charge in [0.25, 0.3) is 11.8 Å². The number of aliphatic hydroxyl groups is 1. The lowest BCUT2D eigenvalue weighted by atomic mass is 9.89. The highest BCUT2D eigenvalue weighted by molar-refractivity contribution is 6.05. The van der Waals surface area contributed by atoms with Gasteiger partial charge in [-0.1, -0.05) is 26.2 Å². The van der Waals surface area contributed by atoms with Crippen LogP contribution in [-0.4, -0.2) is 77.1 Å². The summed E-state index contributed by atoms with van der Waals surface area (Å²) in [6.07, 6.45) is 9.57. The molecule has 0 unspecified atom stereocenters. The third kappa shape index (κ3) is 6.87. The van der Waals surface area contributed by atoms with E-state index in [1.807, 2.05) is 6.92 Å². The largest absolute Gasteiger partial charge is 0.488 e. The van der Waals surface area contributed by atoms with Crippen LogP contribution in [0.15, 0.2) is 42.7 Å². The highest BCUT2D eigenvalue weighted by Gasteiger charge is 2.34. The van der Waals surface area contributed by atoms with Crippen LogP contribution in [0, 0.1) is 11.8 Å². The summed E-state index contributed by atoms with van der Waals surface area (Å²) in [5.74, 6) is 0.819.